The van der Waals surface area contributed by atoms with Crippen LogP contribution in [0.3, 0.4) is 0 Å². The SMILES string of the molecule is CC(C)(C)OC(=O)C(CNC(=O)c1ccc2c(c1)CCOC2)(C(=O)OC(C)(C)C)N1CCC(c2ccccc2)CC1. The molecule has 8 heteroatoms. The minimum Gasteiger partial charge on any atom is -0.458 e. The summed E-state index contributed by atoms with van der Waals surface area (Å²) in [6, 6.07) is 15.8. The molecular formula is C33H44N2O6. The smallest absolute Gasteiger partial charge is 0.340 e. The van der Waals surface area contributed by atoms with Gasteiger partial charge in [0.05, 0.1) is 19.8 Å². The molecule has 2 aromatic carbocycles. The number of piperidine rings is 1. The van der Waals surface area contributed by atoms with Gasteiger partial charge in [0.25, 0.3) is 5.91 Å². The van der Waals surface area contributed by atoms with Crippen LogP contribution in [0.4, 0.5) is 0 Å². The van der Waals surface area contributed by atoms with Crippen LogP contribution >= 0.6 is 0 Å². The number of benzene rings is 2. The van der Waals surface area contributed by atoms with Crippen LogP contribution in [0.25, 0.3) is 0 Å². The van der Waals surface area contributed by atoms with Crippen molar-refractivity contribution in [3.8, 4) is 0 Å². The first-order chi connectivity index (χ1) is 19.3. The van der Waals surface area contributed by atoms with E-state index in [-0.39, 0.29) is 12.5 Å². The molecule has 0 aromatic heterocycles. The van der Waals surface area contributed by atoms with Crippen molar-refractivity contribution in [2.45, 2.75) is 90.1 Å². The maximum Gasteiger partial charge on any atom is 0.340 e. The highest BCUT2D eigenvalue weighted by Crippen LogP contribution is 2.34. The molecule has 2 aliphatic heterocycles. The van der Waals surface area contributed by atoms with Crippen molar-refractivity contribution in [1.82, 2.24) is 10.2 Å². The van der Waals surface area contributed by atoms with Crippen LogP contribution in [-0.2, 0) is 36.8 Å². The first-order valence-electron chi connectivity index (χ1n) is 14.5. The van der Waals surface area contributed by atoms with Gasteiger partial charge in [0.1, 0.15) is 11.2 Å². The molecule has 2 heterocycles. The number of nitrogens with zero attached hydrogens (tertiary/aromatic N) is 1. The Labute approximate surface area is 243 Å². The third-order valence-corrected chi connectivity index (χ3v) is 7.53. The van der Waals surface area contributed by atoms with E-state index in [9.17, 15) is 14.4 Å². The Kier molecular flexibility index (Phi) is 9.24. The molecule has 1 fully saturated rings. The van der Waals surface area contributed by atoms with Crippen molar-refractivity contribution in [3.05, 3.63) is 70.8 Å². The largest absolute Gasteiger partial charge is 0.458 e. The molecular weight excluding hydrogens is 520 g/mol. The Morgan fingerprint density at radius 3 is 2.07 bits per heavy atom. The van der Waals surface area contributed by atoms with E-state index in [1.165, 1.54) is 5.56 Å². The summed E-state index contributed by atoms with van der Waals surface area (Å²) in [5.41, 5.74) is 0.284. The minimum absolute atomic E-state index is 0.272. The average Bonchev–Trinajstić information content (AvgIpc) is 2.92. The number of esters is 2. The van der Waals surface area contributed by atoms with Crippen LogP contribution in [0.15, 0.2) is 48.5 Å². The Morgan fingerprint density at radius 2 is 1.49 bits per heavy atom. The van der Waals surface area contributed by atoms with Crippen LogP contribution in [0, 0.1) is 0 Å². The summed E-state index contributed by atoms with van der Waals surface area (Å²) in [6.07, 6.45) is 2.23. The van der Waals surface area contributed by atoms with Gasteiger partial charge in [-0.05, 0) is 95.5 Å². The van der Waals surface area contributed by atoms with E-state index in [0.717, 1.165) is 30.4 Å². The van der Waals surface area contributed by atoms with Crippen molar-refractivity contribution < 1.29 is 28.6 Å². The molecule has 0 radical (unpaired) electrons. The lowest BCUT2D eigenvalue weighted by molar-refractivity contribution is -0.188. The number of amides is 1. The molecule has 0 aliphatic carbocycles. The van der Waals surface area contributed by atoms with Crippen molar-refractivity contribution in [1.29, 1.82) is 0 Å². The highest BCUT2D eigenvalue weighted by Gasteiger charge is 2.56. The standard InChI is InChI=1S/C33H44N2O6/c1-31(2,3)40-29(37)33(30(38)41-32(4,5)6,35-17-14-24(15-18-35)23-10-8-7-9-11-23)22-34-28(36)26-12-13-27-21-39-19-16-25(27)20-26/h7-13,20,24H,14-19,21-22H2,1-6H3,(H,34,36). The third-order valence-electron chi connectivity index (χ3n) is 7.53. The molecule has 8 nitrogen and oxygen atoms in total. The van der Waals surface area contributed by atoms with Crippen LogP contribution in [0.5, 0.6) is 0 Å². The van der Waals surface area contributed by atoms with Crippen LogP contribution in [-0.4, -0.2) is 65.7 Å². The predicted octanol–water partition coefficient (Wildman–Crippen LogP) is 4.79. The molecule has 0 spiro atoms. The normalized spacial score (nSPS) is 16.9. The number of hydrogen-bond acceptors (Lipinski definition) is 7. The third kappa shape index (κ3) is 7.54. The summed E-state index contributed by atoms with van der Waals surface area (Å²) in [4.78, 5) is 43.4. The maximum absolute atomic E-state index is 14.1. The molecule has 1 amide bonds. The average molecular weight is 565 g/mol. The van der Waals surface area contributed by atoms with E-state index in [2.05, 4.69) is 17.4 Å². The van der Waals surface area contributed by atoms with Crippen molar-refractivity contribution in [2.75, 3.05) is 26.2 Å². The van der Waals surface area contributed by atoms with Gasteiger partial charge in [-0.15, -0.1) is 0 Å². The molecule has 0 unspecified atom stereocenters. The highest BCUT2D eigenvalue weighted by atomic mass is 16.6. The molecule has 0 atom stereocenters. The lowest BCUT2D eigenvalue weighted by Gasteiger charge is -2.45. The van der Waals surface area contributed by atoms with Gasteiger partial charge in [0.15, 0.2) is 0 Å². The number of hydrogen-bond donors (Lipinski definition) is 1. The summed E-state index contributed by atoms with van der Waals surface area (Å²) in [6.45, 7) is 12.4. The second-order valence-electron chi connectivity index (χ2n) is 13.0. The summed E-state index contributed by atoms with van der Waals surface area (Å²) < 4.78 is 17.3. The maximum atomic E-state index is 14.1. The van der Waals surface area contributed by atoms with E-state index in [4.69, 9.17) is 14.2 Å². The molecule has 0 bridgehead atoms. The number of carbonyl (C=O) groups excluding carboxylic acids is 3. The summed E-state index contributed by atoms with van der Waals surface area (Å²) >= 11 is 0. The van der Waals surface area contributed by atoms with E-state index < -0.39 is 28.7 Å². The fourth-order valence-corrected chi connectivity index (χ4v) is 5.46. The molecule has 1 N–H and O–H groups in total. The second-order valence-corrected chi connectivity index (χ2v) is 13.0. The summed E-state index contributed by atoms with van der Waals surface area (Å²) in [5.74, 6) is -1.51. The van der Waals surface area contributed by atoms with Crippen LogP contribution in [0.2, 0.25) is 0 Å². The molecule has 41 heavy (non-hydrogen) atoms. The number of carbonyl (C=O) groups is 3. The molecule has 4 rings (SSSR count). The van der Waals surface area contributed by atoms with Crippen LogP contribution in [0.1, 0.15) is 87.4 Å². The molecule has 222 valence electrons. The Hall–Kier alpha value is -3.23. The van der Waals surface area contributed by atoms with Crippen molar-refractivity contribution in [2.24, 2.45) is 0 Å². The fraction of sp³-hybridized carbons (Fsp3) is 0.545. The lowest BCUT2D eigenvalue weighted by Crippen LogP contribution is -2.69. The Balaban J connectivity index is 1.65. The minimum atomic E-state index is -1.85. The molecule has 2 aliphatic rings. The monoisotopic (exact) mass is 564 g/mol. The van der Waals surface area contributed by atoms with Gasteiger partial charge < -0.3 is 19.5 Å². The van der Waals surface area contributed by atoms with E-state index >= 15 is 0 Å². The molecule has 2 aromatic rings. The topological polar surface area (TPSA) is 94.2 Å². The Morgan fingerprint density at radius 1 is 0.878 bits per heavy atom. The predicted molar refractivity (Wildman–Crippen MR) is 157 cm³/mol. The highest BCUT2D eigenvalue weighted by molar-refractivity contribution is 6.06. The van der Waals surface area contributed by atoms with Crippen LogP contribution < -0.4 is 5.32 Å². The molecule has 1 saturated heterocycles. The zero-order chi connectivity index (χ0) is 29.8. The van der Waals surface area contributed by atoms with Gasteiger partial charge in [-0.2, -0.15) is 0 Å². The second kappa shape index (κ2) is 12.3. The summed E-state index contributed by atoms with van der Waals surface area (Å²) in [7, 11) is 0. The van der Waals surface area contributed by atoms with Crippen molar-refractivity contribution in [3.63, 3.8) is 0 Å². The van der Waals surface area contributed by atoms with Crippen molar-refractivity contribution >= 4 is 17.8 Å². The Bertz CT molecular complexity index is 1210. The fourth-order valence-electron chi connectivity index (χ4n) is 5.46. The van der Waals surface area contributed by atoms with E-state index in [0.29, 0.717) is 37.8 Å². The van der Waals surface area contributed by atoms with Gasteiger partial charge in [0, 0.05) is 18.7 Å². The first kappa shape index (κ1) is 30.7. The van der Waals surface area contributed by atoms with Gasteiger partial charge >= 0.3 is 11.9 Å². The van der Waals surface area contributed by atoms with E-state index in [1.807, 2.05) is 35.2 Å². The van der Waals surface area contributed by atoms with Gasteiger partial charge in [-0.3, -0.25) is 9.69 Å². The van der Waals surface area contributed by atoms with Gasteiger partial charge in [-0.25, -0.2) is 9.59 Å². The lowest BCUT2D eigenvalue weighted by atomic mass is 9.85. The zero-order valence-corrected chi connectivity index (χ0v) is 25.2. The quantitative estimate of drug-likeness (QED) is 0.382. The summed E-state index contributed by atoms with van der Waals surface area (Å²) in [5, 5.41) is 2.91. The van der Waals surface area contributed by atoms with Gasteiger partial charge in [0.2, 0.25) is 5.54 Å². The first-order valence-corrected chi connectivity index (χ1v) is 14.5. The van der Waals surface area contributed by atoms with E-state index in [1.54, 1.807) is 47.6 Å². The number of nitrogens with one attached hydrogen (secondary N) is 1. The number of rotatable bonds is 7. The molecule has 0 saturated carbocycles. The van der Waals surface area contributed by atoms with Gasteiger partial charge in [-0.1, -0.05) is 36.4 Å². The number of ether oxygens (including phenoxy) is 3. The zero-order valence-electron chi connectivity index (χ0n) is 25.2. The number of fused-ring (bicyclic) bond motifs is 1. The number of likely N-dealkylation sites (tertiary alicyclic amines) is 1.